The van der Waals surface area contributed by atoms with Gasteiger partial charge in [-0.05, 0) is 43.4 Å². The summed E-state index contributed by atoms with van der Waals surface area (Å²) in [6.07, 6.45) is 15.7. The van der Waals surface area contributed by atoms with E-state index in [1.165, 1.54) is 6.08 Å². The number of hydrogen-bond donors (Lipinski definition) is 1. The van der Waals surface area contributed by atoms with Crippen molar-refractivity contribution < 1.29 is 24.2 Å². The number of carboxylic acid groups (broad SMARTS) is 1. The molecule has 0 saturated heterocycles. The van der Waals surface area contributed by atoms with Crippen LogP contribution in [0.1, 0.15) is 38.5 Å². The van der Waals surface area contributed by atoms with Crippen LogP contribution >= 0.6 is 0 Å². The molecule has 0 aromatic carbocycles. The Morgan fingerprint density at radius 3 is 2.70 bits per heavy atom. The second kappa shape index (κ2) is 11.1. The number of hydrogen-bond acceptors (Lipinski definition) is 5. The molecular weight excluding hydrogens is 346 g/mol. The van der Waals surface area contributed by atoms with Crippen molar-refractivity contribution in [2.45, 2.75) is 50.7 Å². The normalized spacial score (nSPS) is 24.4. The SMILES string of the molecule is N#CCCCCO[C@H]1C=C[C@@H](C(=O)O[C@@H]2C=CC(/C=C/C(=O)O)=CC2)CC1. The molecule has 0 aliphatic heterocycles. The van der Waals surface area contributed by atoms with Crippen molar-refractivity contribution in [3.05, 3.63) is 48.1 Å². The van der Waals surface area contributed by atoms with E-state index < -0.39 is 5.97 Å². The molecule has 0 radical (unpaired) electrons. The van der Waals surface area contributed by atoms with Crippen LogP contribution in [0.15, 0.2) is 48.1 Å². The van der Waals surface area contributed by atoms with E-state index >= 15 is 0 Å². The highest BCUT2D eigenvalue weighted by Gasteiger charge is 2.25. The minimum Gasteiger partial charge on any atom is -0.478 e. The van der Waals surface area contributed by atoms with E-state index in [1.807, 2.05) is 18.2 Å². The van der Waals surface area contributed by atoms with Gasteiger partial charge in [0.05, 0.1) is 18.1 Å². The molecule has 0 saturated carbocycles. The van der Waals surface area contributed by atoms with Gasteiger partial charge in [-0.2, -0.15) is 5.26 Å². The topological polar surface area (TPSA) is 96.6 Å². The van der Waals surface area contributed by atoms with E-state index in [1.54, 1.807) is 12.2 Å². The summed E-state index contributed by atoms with van der Waals surface area (Å²) in [5, 5.41) is 17.1. The summed E-state index contributed by atoms with van der Waals surface area (Å²) < 4.78 is 11.3. The van der Waals surface area contributed by atoms with Crippen LogP contribution in [0.4, 0.5) is 0 Å². The number of ether oxygens (including phenoxy) is 2. The number of aliphatic carboxylic acids is 1. The Morgan fingerprint density at radius 2 is 2.07 bits per heavy atom. The van der Waals surface area contributed by atoms with Crippen LogP contribution in [0.2, 0.25) is 0 Å². The summed E-state index contributed by atoms with van der Waals surface area (Å²) in [4.78, 5) is 22.8. The van der Waals surface area contributed by atoms with Gasteiger partial charge < -0.3 is 14.6 Å². The van der Waals surface area contributed by atoms with Gasteiger partial charge in [0.15, 0.2) is 0 Å². The highest BCUT2D eigenvalue weighted by atomic mass is 16.5. The third-order valence-corrected chi connectivity index (χ3v) is 4.41. The van der Waals surface area contributed by atoms with Crippen LogP contribution in [-0.4, -0.2) is 35.9 Å². The van der Waals surface area contributed by atoms with Crippen molar-refractivity contribution >= 4 is 11.9 Å². The van der Waals surface area contributed by atoms with Crippen LogP contribution < -0.4 is 0 Å². The number of nitriles is 1. The largest absolute Gasteiger partial charge is 0.478 e. The van der Waals surface area contributed by atoms with Crippen LogP contribution in [0.25, 0.3) is 0 Å². The third kappa shape index (κ3) is 7.63. The molecule has 0 aromatic rings. The van der Waals surface area contributed by atoms with E-state index in [9.17, 15) is 9.59 Å². The highest BCUT2D eigenvalue weighted by molar-refractivity contribution is 5.80. The predicted molar refractivity (Wildman–Crippen MR) is 99.6 cm³/mol. The van der Waals surface area contributed by atoms with Gasteiger partial charge in [0, 0.05) is 25.5 Å². The van der Waals surface area contributed by atoms with Crippen LogP contribution in [-0.2, 0) is 19.1 Å². The Hall–Kier alpha value is -2.65. The fraction of sp³-hybridized carbons (Fsp3) is 0.476. The average molecular weight is 371 g/mol. The Labute approximate surface area is 159 Å². The van der Waals surface area contributed by atoms with Crippen molar-refractivity contribution in [3.8, 4) is 6.07 Å². The van der Waals surface area contributed by atoms with Crippen LogP contribution in [0.3, 0.4) is 0 Å². The molecule has 0 aromatic heterocycles. The molecule has 0 heterocycles. The standard InChI is InChI=1S/C21H25NO5/c22-14-2-1-3-15-26-18-11-7-17(8-12-18)21(25)27-19-9-4-16(5-10-19)6-13-20(23)24/h4-7,9,11,13,17-19H,1-3,8,10,12,15H2,(H,23,24)/b13-6+/t17-,18+,19-/m1/s1. The van der Waals surface area contributed by atoms with E-state index in [0.29, 0.717) is 25.9 Å². The summed E-state index contributed by atoms with van der Waals surface area (Å²) in [5.41, 5.74) is 0.789. The molecule has 144 valence electrons. The second-order valence-corrected chi connectivity index (χ2v) is 6.54. The minimum atomic E-state index is -0.994. The Kier molecular flexibility index (Phi) is 8.53. The molecule has 6 nitrogen and oxygen atoms in total. The number of allylic oxidation sites excluding steroid dienone is 3. The summed E-state index contributed by atoms with van der Waals surface area (Å²) >= 11 is 0. The van der Waals surface area contributed by atoms with Gasteiger partial charge in [0.1, 0.15) is 6.10 Å². The van der Waals surface area contributed by atoms with Gasteiger partial charge >= 0.3 is 11.9 Å². The first-order chi connectivity index (χ1) is 13.1. The number of carboxylic acids is 1. The monoisotopic (exact) mass is 371 g/mol. The molecule has 3 atom stereocenters. The van der Waals surface area contributed by atoms with Crippen LogP contribution in [0, 0.1) is 17.2 Å². The lowest BCUT2D eigenvalue weighted by Gasteiger charge is -2.24. The molecule has 0 amide bonds. The minimum absolute atomic E-state index is 0.0252. The maximum Gasteiger partial charge on any atom is 0.328 e. The lowest BCUT2D eigenvalue weighted by atomic mass is 9.94. The number of unbranched alkanes of at least 4 members (excludes halogenated alkanes) is 2. The summed E-state index contributed by atoms with van der Waals surface area (Å²) in [6, 6.07) is 2.11. The lowest BCUT2D eigenvalue weighted by Crippen LogP contribution is -2.26. The molecule has 0 bridgehead atoms. The number of esters is 1. The first-order valence-electron chi connectivity index (χ1n) is 9.25. The highest BCUT2D eigenvalue weighted by Crippen LogP contribution is 2.23. The Morgan fingerprint density at radius 1 is 1.22 bits per heavy atom. The van der Waals surface area contributed by atoms with E-state index in [4.69, 9.17) is 19.8 Å². The first-order valence-corrected chi connectivity index (χ1v) is 9.25. The quantitative estimate of drug-likeness (QED) is 0.288. The fourth-order valence-electron chi connectivity index (χ4n) is 2.90. The van der Waals surface area contributed by atoms with Gasteiger partial charge in [-0.1, -0.05) is 24.3 Å². The zero-order chi connectivity index (χ0) is 19.5. The molecule has 0 fully saturated rings. The van der Waals surface area contributed by atoms with Crippen LogP contribution in [0.5, 0.6) is 0 Å². The van der Waals surface area contributed by atoms with E-state index in [-0.39, 0.29) is 24.1 Å². The van der Waals surface area contributed by atoms with Gasteiger partial charge in [0.25, 0.3) is 0 Å². The number of carbonyl (C=O) groups is 2. The average Bonchev–Trinajstić information content (AvgIpc) is 2.67. The first kappa shape index (κ1) is 20.7. The molecule has 0 unspecified atom stereocenters. The van der Waals surface area contributed by atoms with Crippen molar-refractivity contribution in [3.63, 3.8) is 0 Å². The molecule has 6 heteroatoms. The van der Waals surface area contributed by atoms with Crippen molar-refractivity contribution in [1.82, 2.24) is 0 Å². The molecule has 2 rings (SSSR count). The van der Waals surface area contributed by atoms with Crippen molar-refractivity contribution in [1.29, 1.82) is 5.26 Å². The zero-order valence-corrected chi connectivity index (χ0v) is 15.3. The number of nitrogens with zero attached hydrogens (tertiary/aromatic N) is 1. The number of carbonyl (C=O) groups excluding carboxylic acids is 1. The summed E-state index contributed by atoms with van der Waals surface area (Å²) in [7, 11) is 0. The van der Waals surface area contributed by atoms with Crippen molar-refractivity contribution in [2.75, 3.05) is 6.61 Å². The number of rotatable bonds is 9. The maximum atomic E-state index is 12.3. The lowest BCUT2D eigenvalue weighted by molar-refractivity contribution is -0.150. The molecule has 2 aliphatic carbocycles. The predicted octanol–water partition coefficient (Wildman–Crippen LogP) is 3.47. The van der Waals surface area contributed by atoms with E-state index in [0.717, 1.165) is 30.9 Å². The maximum absolute atomic E-state index is 12.3. The van der Waals surface area contributed by atoms with Gasteiger partial charge in [-0.25, -0.2) is 4.79 Å². The summed E-state index contributed by atoms with van der Waals surface area (Å²) in [5.74, 6) is -1.49. The zero-order valence-electron chi connectivity index (χ0n) is 15.3. The van der Waals surface area contributed by atoms with Gasteiger partial charge in [0.2, 0.25) is 0 Å². The second-order valence-electron chi connectivity index (χ2n) is 6.54. The Balaban J connectivity index is 1.70. The third-order valence-electron chi connectivity index (χ3n) is 4.41. The smallest absolute Gasteiger partial charge is 0.328 e. The van der Waals surface area contributed by atoms with Gasteiger partial charge in [-0.15, -0.1) is 0 Å². The summed E-state index contributed by atoms with van der Waals surface area (Å²) in [6.45, 7) is 0.629. The van der Waals surface area contributed by atoms with E-state index in [2.05, 4.69) is 6.07 Å². The molecular formula is C21H25NO5. The van der Waals surface area contributed by atoms with Crippen molar-refractivity contribution in [2.24, 2.45) is 5.92 Å². The molecule has 1 N–H and O–H groups in total. The molecule has 27 heavy (non-hydrogen) atoms. The fourth-order valence-corrected chi connectivity index (χ4v) is 2.90. The molecule has 0 spiro atoms. The van der Waals surface area contributed by atoms with Gasteiger partial charge in [-0.3, -0.25) is 4.79 Å². The Bertz CT molecular complexity index is 683. The molecule has 2 aliphatic rings.